The molecule has 0 saturated carbocycles. The highest BCUT2D eigenvalue weighted by Crippen LogP contribution is 2.41. The molecule has 2 bridgehead atoms. The number of fused-ring (bicyclic) bond motifs is 2. The minimum absolute atomic E-state index is 0.0708. The minimum atomic E-state index is -0.586. The summed E-state index contributed by atoms with van der Waals surface area (Å²) in [6, 6.07) is 17.3. The summed E-state index contributed by atoms with van der Waals surface area (Å²) >= 11 is 0. The second-order valence-corrected chi connectivity index (χ2v) is 13.5. The monoisotopic (exact) mass is 584 g/mol. The molecule has 3 heterocycles. The number of aryl methyl sites for hydroxylation is 1. The molecule has 2 aliphatic heterocycles. The molecule has 4 unspecified atom stereocenters. The van der Waals surface area contributed by atoms with Crippen LogP contribution in [0.5, 0.6) is 0 Å². The summed E-state index contributed by atoms with van der Waals surface area (Å²) in [7, 11) is 0. The van der Waals surface area contributed by atoms with Gasteiger partial charge in [-0.15, -0.1) is 0 Å². The summed E-state index contributed by atoms with van der Waals surface area (Å²) in [6.45, 7) is 11.5. The lowest BCUT2D eigenvalue weighted by molar-refractivity contribution is -0.131. The number of Topliss-reactive ketones (excluding diaryl/α,β-unsaturated/α-hetero) is 1. The molecule has 0 aliphatic carbocycles. The van der Waals surface area contributed by atoms with Crippen molar-refractivity contribution in [1.29, 1.82) is 0 Å². The Morgan fingerprint density at radius 1 is 1.09 bits per heavy atom. The number of amides is 3. The number of aromatic nitrogens is 2. The minimum Gasteiger partial charge on any atom is -0.347 e. The van der Waals surface area contributed by atoms with E-state index in [0.29, 0.717) is 23.5 Å². The Kier molecular flexibility index (Phi) is 8.47. The average Bonchev–Trinajstić information content (AvgIpc) is 3.49. The first-order valence-corrected chi connectivity index (χ1v) is 15.2. The molecular formula is C34H44N6O3. The Labute approximate surface area is 254 Å². The fraction of sp³-hybridized carbons (Fsp3) is 0.471. The van der Waals surface area contributed by atoms with Gasteiger partial charge in [0.2, 0.25) is 5.91 Å². The number of carbonyl (C=O) groups excluding carboxylic acids is 3. The quantitative estimate of drug-likeness (QED) is 0.273. The van der Waals surface area contributed by atoms with Crippen LogP contribution >= 0.6 is 0 Å². The second-order valence-electron chi connectivity index (χ2n) is 13.5. The Hall–Kier alpha value is -3.98. The molecule has 2 saturated heterocycles. The molecule has 0 radical (unpaired) electrons. The maximum atomic E-state index is 13.4. The zero-order chi connectivity index (χ0) is 30.9. The number of urea groups is 1. The van der Waals surface area contributed by atoms with Crippen LogP contribution in [0.2, 0.25) is 0 Å². The molecule has 228 valence electrons. The maximum absolute atomic E-state index is 13.4. The van der Waals surface area contributed by atoms with Gasteiger partial charge in [0.1, 0.15) is 5.82 Å². The first-order valence-electron chi connectivity index (χ1n) is 15.2. The molecule has 9 nitrogen and oxygen atoms in total. The Morgan fingerprint density at radius 3 is 2.53 bits per heavy atom. The normalized spacial score (nSPS) is 22.1. The van der Waals surface area contributed by atoms with Gasteiger partial charge in [0.05, 0.1) is 23.0 Å². The van der Waals surface area contributed by atoms with Gasteiger partial charge in [-0.2, -0.15) is 5.10 Å². The molecular weight excluding hydrogens is 540 g/mol. The van der Waals surface area contributed by atoms with Gasteiger partial charge >= 0.3 is 6.03 Å². The van der Waals surface area contributed by atoms with E-state index in [2.05, 4.69) is 48.1 Å². The summed E-state index contributed by atoms with van der Waals surface area (Å²) in [5.41, 5.74) is 3.95. The number of hydrogen-bond donors (Lipinski definition) is 4. The maximum Gasteiger partial charge on any atom is 0.324 e. The van der Waals surface area contributed by atoms with Gasteiger partial charge < -0.3 is 16.0 Å². The first kappa shape index (κ1) is 30.5. The lowest BCUT2D eigenvalue weighted by atomic mass is 9.76. The van der Waals surface area contributed by atoms with Crippen LogP contribution < -0.4 is 21.3 Å². The highest BCUT2D eigenvalue weighted by atomic mass is 16.2. The Morgan fingerprint density at radius 2 is 1.84 bits per heavy atom. The van der Waals surface area contributed by atoms with Crippen molar-refractivity contribution in [3.8, 4) is 5.69 Å². The smallest absolute Gasteiger partial charge is 0.324 e. The van der Waals surface area contributed by atoms with Crippen molar-refractivity contribution in [2.75, 3.05) is 10.6 Å². The highest BCUT2D eigenvalue weighted by Gasteiger charge is 2.50. The molecule has 2 aromatic carbocycles. The molecule has 3 amide bonds. The van der Waals surface area contributed by atoms with Crippen molar-refractivity contribution in [2.45, 2.75) is 96.7 Å². The number of anilines is 2. The van der Waals surface area contributed by atoms with Crippen molar-refractivity contribution in [1.82, 2.24) is 20.4 Å². The third kappa shape index (κ3) is 6.99. The van der Waals surface area contributed by atoms with Crippen LogP contribution in [0.1, 0.15) is 77.1 Å². The third-order valence-corrected chi connectivity index (χ3v) is 8.65. The van der Waals surface area contributed by atoms with E-state index in [-0.39, 0.29) is 23.1 Å². The third-order valence-electron chi connectivity index (χ3n) is 8.65. The fourth-order valence-corrected chi connectivity index (χ4v) is 6.61. The van der Waals surface area contributed by atoms with Crippen molar-refractivity contribution >= 4 is 29.2 Å². The summed E-state index contributed by atoms with van der Waals surface area (Å²) < 4.78 is 1.77. The summed E-state index contributed by atoms with van der Waals surface area (Å²) in [5, 5.41) is 17.2. The zero-order valence-electron chi connectivity index (χ0n) is 26.1. The van der Waals surface area contributed by atoms with Crippen LogP contribution in [-0.2, 0) is 21.4 Å². The van der Waals surface area contributed by atoms with Crippen molar-refractivity contribution < 1.29 is 14.4 Å². The second kappa shape index (κ2) is 12.0. The predicted octanol–water partition coefficient (Wildman–Crippen LogP) is 5.66. The molecule has 0 spiro atoms. The Balaban J connectivity index is 1.27. The van der Waals surface area contributed by atoms with E-state index < -0.39 is 11.6 Å². The number of carbonyl (C=O) groups is 3. The van der Waals surface area contributed by atoms with E-state index in [0.717, 1.165) is 54.6 Å². The van der Waals surface area contributed by atoms with Gasteiger partial charge in [-0.05, 0) is 81.7 Å². The van der Waals surface area contributed by atoms with Crippen LogP contribution in [0.3, 0.4) is 0 Å². The van der Waals surface area contributed by atoms with E-state index in [4.69, 9.17) is 5.10 Å². The van der Waals surface area contributed by atoms with Crippen LogP contribution in [-0.4, -0.2) is 45.1 Å². The number of rotatable bonds is 8. The van der Waals surface area contributed by atoms with E-state index in [1.54, 1.807) is 11.6 Å². The first-order chi connectivity index (χ1) is 20.3. The number of nitrogens with one attached hydrogen (secondary N) is 4. The highest BCUT2D eigenvalue weighted by molar-refractivity contribution is 5.99. The topological polar surface area (TPSA) is 117 Å². The van der Waals surface area contributed by atoms with E-state index in [1.165, 1.54) is 6.92 Å². The molecule has 43 heavy (non-hydrogen) atoms. The van der Waals surface area contributed by atoms with Gasteiger partial charge in [0.15, 0.2) is 5.78 Å². The van der Waals surface area contributed by atoms with Crippen molar-refractivity contribution in [2.24, 2.45) is 5.92 Å². The lowest BCUT2D eigenvalue weighted by Crippen LogP contribution is -2.60. The summed E-state index contributed by atoms with van der Waals surface area (Å²) in [5.74, 6) is 0.797. The SMILES string of the molecule is CC(=O)NC(C)C(=O)C12CCC(CC(Cc3cccc(NC(=O)Nc4cc(C(C)(C)C)nn4-c4ccc(C)cc4)c3)C1)N2. The standard InChI is InChI=1S/C34H44N6O3/c1-21-10-12-28(13-11-21)40-30(19-29(39-40)33(4,5)6)37-32(43)36-26-9-7-8-24(17-26)16-25-18-27-14-15-34(20-25,38-27)31(42)22(2)35-23(3)41/h7-13,17,19,22,25,27,38H,14-16,18,20H2,1-6H3,(H,35,41)(H2,36,37,43). The van der Waals surface area contributed by atoms with Crippen LogP contribution in [0.25, 0.3) is 5.69 Å². The van der Waals surface area contributed by atoms with Crippen molar-refractivity contribution in [3.63, 3.8) is 0 Å². The molecule has 5 rings (SSSR count). The van der Waals surface area contributed by atoms with Crippen molar-refractivity contribution in [3.05, 3.63) is 71.4 Å². The molecule has 1 aromatic heterocycles. The van der Waals surface area contributed by atoms with Gasteiger partial charge in [-0.3, -0.25) is 14.9 Å². The van der Waals surface area contributed by atoms with E-state index in [1.807, 2.05) is 55.5 Å². The van der Waals surface area contributed by atoms with Crippen LogP contribution in [0.4, 0.5) is 16.3 Å². The molecule has 4 atom stereocenters. The van der Waals surface area contributed by atoms with Gasteiger partial charge in [-0.25, -0.2) is 9.48 Å². The van der Waals surface area contributed by atoms with Crippen LogP contribution in [0.15, 0.2) is 54.6 Å². The average molecular weight is 585 g/mol. The number of benzene rings is 2. The van der Waals surface area contributed by atoms with Crippen LogP contribution in [0, 0.1) is 12.8 Å². The predicted molar refractivity (Wildman–Crippen MR) is 170 cm³/mol. The lowest BCUT2D eigenvalue weighted by Gasteiger charge is -2.39. The Bertz CT molecular complexity index is 1510. The number of hydrogen-bond acceptors (Lipinski definition) is 5. The molecule has 3 aromatic rings. The molecule has 4 N–H and O–H groups in total. The van der Waals surface area contributed by atoms with Gasteiger partial charge in [-0.1, -0.05) is 50.6 Å². The van der Waals surface area contributed by atoms with Gasteiger partial charge in [0.25, 0.3) is 0 Å². The molecule has 2 fully saturated rings. The van der Waals surface area contributed by atoms with E-state index in [9.17, 15) is 14.4 Å². The molecule has 9 heteroatoms. The van der Waals surface area contributed by atoms with E-state index >= 15 is 0 Å². The number of piperidine rings is 1. The number of nitrogens with zero attached hydrogens (tertiary/aromatic N) is 2. The molecule has 2 aliphatic rings. The number of ketones is 1. The zero-order valence-corrected chi connectivity index (χ0v) is 26.1. The van der Waals surface area contributed by atoms with Gasteiger partial charge in [0, 0.05) is 30.1 Å². The largest absolute Gasteiger partial charge is 0.347 e. The fourth-order valence-electron chi connectivity index (χ4n) is 6.61. The summed E-state index contributed by atoms with van der Waals surface area (Å²) in [4.78, 5) is 38.1. The summed E-state index contributed by atoms with van der Waals surface area (Å²) in [6.07, 6.45) is 4.32.